The molecule has 0 fully saturated rings. The molecule has 0 aliphatic carbocycles. The number of nitrogens with two attached hydrogens (primary N) is 1. The van der Waals surface area contributed by atoms with Crippen molar-refractivity contribution in [3.63, 3.8) is 0 Å². The summed E-state index contributed by atoms with van der Waals surface area (Å²) in [4.78, 5) is 4.31. The van der Waals surface area contributed by atoms with Crippen molar-refractivity contribution in [2.24, 2.45) is 0 Å². The van der Waals surface area contributed by atoms with Gasteiger partial charge < -0.3 is 10.3 Å². The van der Waals surface area contributed by atoms with Crippen LogP contribution in [0.4, 0.5) is 5.88 Å². The van der Waals surface area contributed by atoms with E-state index >= 15 is 0 Å². The Kier molecular flexibility index (Phi) is 3.22. The Morgan fingerprint density at radius 3 is 2.57 bits per heavy atom. The minimum Gasteiger partial charge on any atom is -0.367 e. The summed E-state index contributed by atoms with van der Waals surface area (Å²) in [6.45, 7) is 6.12. The highest BCUT2D eigenvalue weighted by Gasteiger charge is 2.19. The van der Waals surface area contributed by atoms with Gasteiger partial charge in [0.05, 0.1) is 5.56 Å². The summed E-state index contributed by atoms with van der Waals surface area (Å²) in [6, 6.07) is 10.1. The summed E-state index contributed by atoms with van der Waals surface area (Å²) in [7, 11) is 0. The molecular formula is C17H17N3O. The van der Waals surface area contributed by atoms with Gasteiger partial charge in [-0.1, -0.05) is 23.4 Å². The molecule has 0 saturated carbocycles. The van der Waals surface area contributed by atoms with Gasteiger partial charge in [-0.25, -0.2) is 0 Å². The lowest BCUT2D eigenvalue weighted by Gasteiger charge is -2.07. The van der Waals surface area contributed by atoms with Gasteiger partial charge in [0.25, 0.3) is 0 Å². The normalized spacial score (nSPS) is 10.8. The molecule has 0 atom stereocenters. The summed E-state index contributed by atoms with van der Waals surface area (Å²) in [5.74, 6) is 0.330. The van der Waals surface area contributed by atoms with E-state index in [1.807, 2.05) is 25.1 Å². The Bertz CT molecular complexity index is 806. The maximum Gasteiger partial charge on any atom is 0.230 e. The minimum absolute atomic E-state index is 0.330. The first-order valence-corrected chi connectivity index (χ1v) is 6.82. The third-order valence-corrected chi connectivity index (χ3v) is 3.78. The van der Waals surface area contributed by atoms with Gasteiger partial charge in [-0.3, -0.25) is 4.98 Å². The van der Waals surface area contributed by atoms with Crippen molar-refractivity contribution in [1.82, 2.24) is 10.1 Å². The molecule has 21 heavy (non-hydrogen) atoms. The first kappa shape index (κ1) is 13.4. The molecule has 3 aromatic rings. The van der Waals surface area contributed by atoms with Crippen molar-refractivity contribution in [2.45, 2.75) is 20.8 Å². The first-order valence-electron chi connectivity index (χ1n) is 6.82. The lowest BCUT2D eigenvalue weighted by molar-refractivity contribution is 0.439. The van der Waals surface area contributed by atoms with Crippen LogP contribution in [0, 0.1) is 20.8 Å². The average Bonchev–Trinajstić information content (AvgIpc) is 2.84. The second kappa shape index (κ2) is 5.05. The molecule has 3 rings (SSSR count). The average molecular weight is 279 g/mol. The van der Waals surface area contributed by atoms with Crippen molar-refractivity contribution < 1.29 is 4.52 Å². The van der Waals surface area contributed by atoms with E-state index in [9.17, 15) is 0 Å². The van der Waals surface area contributed by atoms with E-state index in [2.05, 4.69) is 36.1 Å². The number of hydrogen-bond acceptors (Lipinski definition) is 4. The second-order valence-electron chi connectivity index (χ2n) is 5.21. The molecule has 0 amide bonds. The van der Waals surface area contributed by atoms with Crippen LogP contribution in [0.1, 0.15) is 16.8 Å². The van der Waals surface area contributed by atoms with Crippen molar-refractivity contribution >= 4 is 5.88 Å². The Hall–Kier alpha value is -2.62. The summed E-state index contributed by atoms with van der Waals surface area (Å²) in [5, 5.41) is 4.14. The zero-order valence-corrected chi connectivity index (χ0v) is 12.3. The van der Waals surface area contributed by atoms with Crippen molar-refractivity contribution in [2.75, 3.05) is 5.73 Å². The number of aryl methyl sites for hydroxylation is 3. The van der Waals surface area contributed by atoms with Gasteiger partial charge >= 0.3 is 0 Å². The highest BCUT2D eigenvalue weighted by atomic mass is 16.5. The fourth-order valence-electron chi connectivity index (χ4n) is 2.40. The van der Waals surface area contributed by atoms with Crippen LogP contribution >= 0.6 is 0 Å². The third kappa shape index (κ3) is 2.29. The van der Waals surface area contributed by atoms with Gasteiger partial charge in [-0.2, -0.15) is 0 Å². The zero-order chi connectivity index (χ0) is 15.0. The Morgan fingerprint density at radius 1 is 1.05 bits per heavy atom. The number of rotatable bonds is 2. The molecule has 0 unspecified atom stereocenters. The molecular weight excluding hydrogens is 262 g/mol. The van der Waals surface area contributed by atoms with Gasteiger partial charge in [0, 0.05) is 17.5 Å². The number of pyridine rings is 1. The highest BCUT2D eigenvalue weighted by Crippen LogP contribution is 2.37. The predicted octanol–water partition coefficient (Wildman–Crippen LogP) is 3.91. The van der Waals surface area contributed by atoms with Gasteiger partial charge in [0.1, 0.15) is 5.69 Å². The van der Waals surface area contributed by atoms with E-state index in [1.165, 1.54) is 11.1 Å². The topological polar surface area (TPSA) is 64.9 Å². The van der Waals surface area contributed by atoms with Crippen molar-refractivity contribution in [1.29, 1.82) is 0 Å². The first-order chi connectivity index (χ1) is 10.1. The zero-order valence-electron chi connectivity index (χ0n) is 12.3. The molecule has 1 aromatic carbocycles. The summed E-state index contributed by atoms with van der Waals surface area (Å²) < 4.78 is 5.23. The highest BCUT2D eigenvalue weighted by molar-refractivity contribution is 5.87. The van der Waals surface area contributed by atoms with Crippen LogP contribution < -0.4 is 5.73 Å². The minimum atomic E-state index is 0.330. The smallest absolute Gasteiger partial charge is 0.230 e. The molecule has 0 aliphatic heterocycles. The van der Waals surface area contributed by atoms with Crippen molar-refractivity contribution in [3.05, 3.63) is 53.3 Å². The summed E-state index contributed by atoms with van der Waals surface area (Å²) in [6.07, 6.45) is 1.76. The molecule has 0 radical (unpaired) electrons. The van der Waals surface area contributed by atoms with Gasteiger partial charge in [-0.15, -0.1) is 0 Å². The quantitative estimate of drug-likeness (QED) is 0.772. The molecule has 2 N–H and O–H groups in total. The standard InChI is InChI=1S/C17H17N3O/c1-10-6-7-13(9-11(10)2)15-16(20-21-17(15)18)14-5-4-8-19-12(14)3/h4-9H,18H2,1-3H3. The maximum atomic E-state index is 6.00. The van der Waals surface area contributed by atoms with Crippen LogP contribution in [0.3, 0.4) is 0 Å². The van der Waals surface area contributed by atoms with E-state index in [1.54, 1.807) is 6.20 Å². The number of benzene rings is 1. The van der Waals surface area contributed by atoms with Crippen LogP contribution in [0.25, 0.3) is 22.4 Å². The van der Waals surface area contributed by atoms with Crippen LogP contribution in [0.2, 0.25) is 0 Å². The molecule has 2 aromatic heterocycles. The van der Waals surface area contributed by atoms with Crippen LogP contribution in [0.15, 0.2) is 41.1 Å². The maximum absolute atomic E-state index is 6.00. The van der Waals surface area contributed by atoms with Crippen LogP contribution in [-0.2, 0) is 0 Å². The van der Waals surface area contributed by atoms with Gasteiger partial charge in [0.15, 0.2) is 0 Å². The predicted molar refractivity (Wildman–Crippen MR) is 83.8 cm³/mol. The van der Waals surface area contributed by atoms with E-state index in [0.29, 0.717) is 5.88 Å². The monoisotopic (exact) mass is 279 g/mol. The van der Waals surface area contributed by atoms with E-state index in [0.717, 1.165) is 28.1 Å². The number of nitrogens with zero attached hydrogens (tertiary/aromatic N) is 2. The SMILES string of the molecule is Cc1ccc(-c2c(-c3cccnc3C)noc2N)cc1C. The van der Waals surface area contributed by atoms with Crippen LogP contribution in [0.5, 0.6) is 0 Å². The Labute approximate surface area is 123 Å². The van der Waals surface area contributed by atoms with Gasteiger partial charge in [0.2, 0.25) is 5.88 Å². The Balaban J connectivity index is 2.22. The number of nitrogen functional groups attached to an aromatic ring is 1. The van der Waals surface area contributed by atoms with Crippen LogP contribution in [-0.4, -0.2) is 10.1 Å². The number of anilines is 1. The fraction of sp³-hybridized carbons (Fsp3) is 0.176. The van der Waals surface area contributed by atoms with Crippen molar-refractivity contribution in [3.8, 4) is 22.4 Å². The molecule has 106 valence electrons. The van der Waals surface area contributed by atoms with E-state index in [4.69, 9.17) is 10.3 Å². The van der Waals surface area contributed by atoms with E-state index < -0.39 is 0 Å². The molecule has 0 aliphatic rings. The fourth-order valence-corrected chi connectivity index (χ4v) is 2.40. The summed E-state index contributed by atoms with van der Waals surface area (Å²) in [5.41, 5.74) is 12.9. The summed E-state index contributed by atoms with van der Waals surface area (Å²) >= 11 is 0. The molecule has 4 heteroatoms. The lowest BCUT2D eigenvalue weighted by atomic mass is 9.97. The lowest BCUT2D eigenvalue weighted by Crippen LogP contribution is -1.92. The molecule has 2 heterocycles. The van der Waals surface area contributed by atoms with Gasteiger partial charge in [-0.05, 0) is 49.6 Å². The molecule has 0 bridgehead atoms. The third-order valence-electron chi connectivity index (χ3n) is 3.78. The second-order valence-corrected chi connectivity index (χ2v) is 5.21. The molecule has 0 spiro atoms. The largest absolute Gasteiger partial charge is 0.367 e. The van der Waals surface area contributed by atoms with E-state index in [-0.39, 0.29) is 0 Å². The Morgan fingerprint density at radius 2 is 1.86 bits per heavy atom. The molecule has 4 nitrogen and oxygen atoms in total. The molecule has 0 saturated heterocycles. The number of aromatic nitrogens is 2. The number of hydrogen-bond donors (Lipinski definition) is 1.